The molecule has 0 radical (unpaired) electrons. The highest BCUT2D eigenvalue weighted by molar-refractivity contribution is 7.86. The van der Waals surface area contributed by atoms with E-state index in [1.54, 1.807) is 19.1 Å². The Kier molecular flexibility index (Phi) is 7.10. The molecule has 1 amide bonds. The number of nitrogens with one attached hydrogen (secondary N) is 1. The fourth-order valence-electron chi connectivity index (χ4n) is 3.00. The lowest BCUT2D eigenvalue weighted by Gasteiger charge is -2.38. The highest BCUT2D eigenvalue weighted by atomic mass is 32.2. The predicted molar refractivity (Wildman–Crippen MR) is 99.5 cm³/mol. The molecule has 1 aromatic carbocycles. The summed E-state index contributed by atoms with van der Waals surface area (Å²) in [5, 5.41) is 2.59. The van der Waals surface area contributed by atoms with Crippen LogP contribution >= 0.6 is 0 Å². The zero-order valence-corrected chi connectivity index (χ0v) is 16.3. The quantitative estimate of drug-likeness (QED) is 0.768. The maximum atomic E-state index is 13.7. The topological polar surface area (TPSA) is 73.0 Å². The average molecular weight is 386 g/mol. The van der Waals surface area contributed by atoms with Crippen LogP contribution < -0.4 is 5.32 Å². The number of hydrogen-bond acceptors (Lipinski definition) is 4. The predicted octanol–water partition coefficient (Wildman–Crippen LogP) is 1.36. The van der Waals surface area contributed by atoms with Gasteiger partial charge in [0.1, 0.15) is 5.82 Å². The Bertz CT molecular complexity index is 716. The van der Waals surface area contributed by atoms with E-state index in [4.69, 9.17) is 0 Å². The number of hydrogen-bond donors (Lipinski definition) is 1. The summed E-state index contributed by atoms with van der Waals surface area (Å²) in [6.07, 6.45) is 0. The largest absolute Gasteiger partial charge is 0.322 e. The molecule has 0 bridgehead atoms. The zero-order chi connectivity index (χ0) is 19.3. The lowest BCUT2D eigenvalue weighted by molar-refractivity contribution is -0.121. The van der Waals surface area contributed by atoms with Crippen LogP contribution in [-0.2, 0) is 15.0 Å². The standard InChI is InChI=1S/C17H27FN4O3S/c1-4-21(5-2)26(24,25)22-12-10-20(11-13-22)14(3)17(23)19-16-9-7-6-8-15(16)18/h6-9,14H,4-5,10-13H2,1-3H3,(H,19,23)/t14-/m0/s1. The third kappa shape index (κ3) is 4.59. The zero-order valence-electron chi connectivity index (χ0n) is 15.5. The van der Waals surface area contributed by atoms with E-state index in [1.165, 1.54) is 20.7 Å². The average Bonchev–Trinajstić information content (AvgIpc) is 2.64. The molecule has 1 N–H and O–H groups in total. The molecule has 26 heavy (non-hydrogen) atoms. The van der Waals surface area contributed by atoms with Gasteiger partial charge in [0.15, 0.2) is 0 Å². The highest BCUT2D eigenvalue weighted by Crippen LogP contribution is 2.16. The Morgan fingerprint density at radius 1 is 1.19 bits per heavy atom. The molecule has 0 saturated carbocycles. The molecule has 9 heteroatoms. The summed E-state index contributed by atoms with van der Waals surface area (Å²) in [5.41, 5.74) is 0.145. The van der Waals surface area contributed by atoms with Gasteiger partial charge in [0, 0.05) is 39.3 Å². The summed E-state index contributed by atoms with van der Waals surface area (Å²) in [4.78, 5) is 14.3. The van der Waals surface area contributed by atoms with E-state index >= 15 is 0 Å². The van der Waals surface area contributed by atoms with Gasteiger partial charge in [0.2, 0.25) is 5.91 Å². The first-order valence-corrected chi connectivity index (χ1v) is 10.3. The minimum atomic E-state index is -3.46. The fraction of sp³-hybridized carbons (Fsp3) is 0.588. The van der Waals surface area contributed by atoms with E-state index in [-0.39, 0.29) is 11.6 Å². The molecule has 0 aliphatic carbocycles. The van der Waals surface area contributed by atoms with Gasteiger partial charge in [-0.1, -0.05) is 26.0 Å². The Morgan fingerprint density at radius 2 is 1.77 bits per heavy atom. The Morgan fingerprint density at radius 3 is 2.31 bits per heavy atom. The summed E-state index contributed by atoms with van der Waals surface area (Å²) in [6.45, 7) is 7.79. The van der Waals surface area contributed by atoms with Crippen molar-refractivity contribution in [2.75, 3.05) is 44.6 Å². The third-order valence-electron chi connectivity index (χ3n) is 4.69. The molecule has 146 valence electrons. The second-order valence-corrected chi connectivity index (χ2v) is 8.10. The van der Waals surface area contributed by atoms with Crippen LogP contribution in [0.4, 0.5) is 10.1 Å². The van der Waals surface area contributed by atoms with Gasteiger partial charge in [-0.25, -0.2) is 4.39 Å². The molecule has 1 heterocycles. The monoisotopic (exact) mass is 386 g/mol. The second kappa shape index (κ2) is 8.90. The molecule has 1 aliphatic heterocycles. The van der Waals surface area contributed by atoms with Crippen LogP contribution in [0.25, 0.3) is 0 Å². The number of carbonyl (C=O) groups is 1. The van der Waals surface area contributed by atoms with Gasteiger partial charge < -0.3 is 5.32 Å². The van der Waals surface area contributed by atoms with E-state index in [9.17, 15) is 17.6 Å². The van der Waals surface area contributed by atoms with Crippen LogP contribution in [0.2, 0.25) is 0 Å². The van der Waals surface area contributed by atoms with Crippen LogP contribution in [0.5, 0.6) is 0 Å². The van der Waals surface area contributed by atoms with E-state index < -0.39 is 22.1 Å². The van der Waals surface area contributed by atoms with Crippen LogP contribution in [0, 0.1) is 5.82 Å². The Labute approximate surface area is 154 Å². The molecule has 0 unspecified atom stereocenters. The van der Waals surface area contributed by atoms with Crippen LogP contribution in [0.3, 0.4) is 0 Å². The summed E-state index contributed by atoms with van der Waals surface area (Å²) in [6, 6.07) is 5.53. The molecule has 2 rings (SSSR count). The third-order valence-corrected chi connectivity index (χ3v) is 6.88. The SMILES string of the molecule is CCN(CC)S(=O)(=O)N1CCN([C@@H](C)C(=O)Nc2ccccc2F)CC1. The number of nitrogens with zero attached hydrogens (tertiary/aromatic N) is 3. The molecule has 0 aromatic heterocycles. The number of carbonyl (C=O) groups excluding carboxylic acids is 1. The van der Waals surface area contributed by atoms with Crippen molar-refractivity contribution in [1.29, 1.82) is 0 Å². The van der Waals surface area contributed by atoms with Crippen molar-refractivity contribution in [2.24, 2.45) is 0 Å². The minimum Gasteiger partial charge on any atom is -0.322 e. The van der Waals surface area contributed by atoms with Crippen molar-refractivity contribution < 1.29 is 17.6 Å². The first-order valence-electron chi connectivity index (χ1n) is 8.85. The summed E-state index contributed by atoms with van der Waals surface area (Å²) in [7, 11) is -3.46. The van der Waals surface area contributed by atoms with Gasteiger partial charge in [-0.2, -0.15) is 17.0 Å². The second-order valence-electron chi connectivity index (χ2n) is 6.17. The molecule has 1 aliphatic rings. The van der Waals surface area contributed by atoms with Crippen molar-refractivity contribution in [3.8, 4) is 0 Å². The van der Waals surface area contributed by atoms with Gasteiger partial charge in [-0.3, -0.25) is 9.69 Å². The lowest BCUT2D eigenvalue weighted by atomic mass is 10.2. The van der Waals surface area contributed by atoms with Crippen LogP contribution in [0.1, 0.15) is 20.8 Å². The summed E-state index contributed by atoms with van der Waals surface area (Å²) in [5.74, 6) is -0.793. The molecule has 1 aromatic rings. The van der Waals surface area contributed by atoms with Crippen molar-refractivity contribution >= 4 is 21.8 Å². The van der Waals surface area contributed by atoms with Crippen molar-refractivity contribution in [3.05, 3.63) is 30.1 Å². The fourth-order valence-corrected chi connectivity index (χ4v) is 4.60. The molecule has 1 saturated heterocycles. The highest BCUT2D eigenvalue weighted by Gasteiger charge is 2.33. The number of benzene rings is 1. The number of halogens is 1. The van der Waals surface area contributed by atoms with Gasteiger partial charge in [0.05, 0.1) is 11.7 Å². The van der Waals surface area contributed by atoms with Crippen molar-refractivity contribution in [3.63, 3.8) is 0 Å². The van der Waals surface area contributed by atoms with Gasteiger partial charge in [0.25, 0.3) is 10.2 Å². The number of amides is 1. The maximum Gasteiger partial charge on any atom is 0.282 e. The molecule has 1 fully saturated rings. The van der Waals surface area contributed by atoms with Crippen molar-refractivity contribution in [1.82, 2.24) is 13.5 Å². The molecular weight excluding hydrogens is 359 g/mol. The molecule has 1 atom stereocenters. The van der Waals surface area contributed by atoms with Gasteiger partial charge >= 0.3 is 0 Å². The van der Waals surface area contributed by atoms with E-state index in [1.807, 2.05) is 18.7 Å². The first-order chi connectivity index (χ1) is 12.3. The minimum absolute atomic E-state index is 0.145. The van der Waals surface area contributed by atoms with E-state index in [2.05, 4.69) is 5.32 Å². The smallest absolute Gasteiger partial charge is 0.282 e. The Hall–Kier alpha value is -1.55. The number of piperazine rings is 1. The Balaban J connectivity index is 1.94. The maximum absolute atomic E-state index is 13.7. The van der Waals surface area contributed by atoms with Crippen LogP contribution in [0.15, 0.2) is 24.3 Å². The van der Waals surface area contributed by atoms with E-state index in [0.29, 0.717) is 39.3 Å². The summed E-state index contributed by atoms with van der Waals surface area (Å²) >= 11 is 0. The molecule has 0 spiro atoms. The normalized spacial score (nSPS) is 18.0. The first kappa shape index (κ1) is 20.8. The summed E-state index contributed by atoms with van der Waals surface area (Å²) < 4.78 is 41.7. The van der Waals surface area contributed by atoms with Gasteiger partial charge in [-0.05, 0) is 19.1 Å². The van der Waals surface area contributed by atoms with E-state index in [0.717, 1.165) is 0 Å². The van der Waals surface area contributed by atoms with Crippen LogP contribution in [-0.4, -0.2) is 73.1 Å². The molecule has 7 nitrogen and oxygen atoms in total. The number of para-hydroxylation sites is 1. The lowest BCUT2D eigenvalue weighted by Crippen LogP contribution is -2.56. The number of rotatable bonds is 7. The van der Waals surface area contributed by atoms with Crippen molar-refractivity contribution in [2.45, 2.75) is 26.8 Å². The van der Waals surface area contributed by atoms with Gasteiger partial charge in [-0.15, -0.1) is 0 Å². The number of anilines is 1. The molecular formula is C17H27FN4O3S.